The Kier molecular flexibility index (Phi) is 4.62. The number of aromatic amines is 1. The van der Waals surface area contributed by atoms with E-state index < -0.39 is 0 Å². The Morgan fingerprint density at radius 3 is 3.04 bits per heavy atom. The number of rotatable bonds is 4. The first-order valence-corrected chi connectivity index (χ1v) is 7.69. The molecule has 0 saturated carbocycles. The van der Waals surface area contributed by atoms with Gasteiger partial charge >= 0.3 is 0 Å². The Balaban J connectivity index is 1.79. The van der Waals surface area contributed by atoms with Crippen molar-refractivity contribution in [3.63, 3.8) is 0 Å². The van der Waals surface area contributed by atoms with Gasteiger partial charge in [-0.15, -0.1) is 0 Å². The van der Waals surface area contributed by atoms with Crippen LogP contribution in [0.2, 0.25) is 0 Å². The number of amides is 1. The second kappa shape index (κ2) is 6.83. The van der Waals surface area contributed by atoms with Gasteiger partial charge in [0, 0.05) is 24.0 Å². The number of methoxy groups -OCH3 is 1. The molecule has 0 unspecified atom stereocenters. The minimum atomic E-state index is -0.167. The smallest absolute Gasteiger partial charge is 0.227 e. The van der Waals surface area contributed by atoms with Crippen LogP contribution in [0.15, 0.2) is 30.5 Å². The Labute approximate surface area is 135 Å². The van der Waals surface area contributed by atoms with E-state index in [2.05, 4.69) is 9.97 Å². The molecule has 1 fully saturated rings. The molecule has 1 N–H and O–H groups in total. The van der Waals surface area contributed by atoms with Crippen molar-refractivity contribution < 1.29 is 14.3 Å². The van der Waals surface area contributed by atoms with Crippen LogP contribution in [-0.4, -0.2) is 47.6 Å². The third kappa shape index (κ3) is 3.37. The van der Waals surface area contributed by atoms with Gasteiger partial charge in [0.25, 0.3) is 0 Å². The number of aromatic nitrogens is 2. The molecule has 1 aromatic carbocycles. The number of hydrogen-bond donors (Lipinski definition) is 1. The molecular formula is C17H21N3O3. The molecule has 1 amide bonds. The van der Waals surface area contributed by atoms with E-state index in [-0.39, 0.29) is 11.9 Å². The summed E-state index contributed by atoms with van der Waals surface area (Å²) in [4.78, 5) is 22.2. The predicted molar refractivity (Wildman–Crippen MR) is 85.3 cm³/mol. The molecular weight excluding hydrogens is 294 g/mol. The number of nitrogens with one attached hydrogen (secondary N) is 1. The molecule has 3 rings (SSSR count). The third-order valence-electron chi connectivity index (χ3n) is 4.02. The molecule has 23 heavy (non-hydrogen) atoms. The summed E-state index contributed by atoms with van der Waals surface area (Å²) in [6, 6.07) is 7.44. The molecule has 122 valence electrons. The van der Waals surface area contributed by atoms with E-state index in [0.29, 0.717) is 26.2 Å². The van der Waals surface area contributed by atoms with Crippen LogP contribution in [0, 0.1) is 6.92 Å². The number of benzene rings is 1. The minimum absolute atomic E-state index is 0.0526. The van der Waals surface area contributed by atoms with E-state index in [1.807, 2.05) is 36.1 Å². The first-order valence-electron chi connectivity index (χ1n) is 7.69. The van der Waals surface area contributed by atoms with Crippen molar-refractivity contribution in [1.82, 2.24) is 14.9 Å². The molecule has 0 aliphatic carbocycles. The van der Waals surface area contributed by atoms with Crippen molar-refractivity contribution >= 4 is 5.91 Å². The van der Waals surface area contributed by atoms with Crippen LogP contribution in [0.25, 0.3) is 0 Å². The summed E-state index contributed by atoms with van der Waals surface area (Å²) in [5.41, 5.74) is 1.86. The van der Waals surface area contributed by atoms with Crippen LogP contribution in [0.4, 0.5) is 0 Å². The zero-order chi connectivity index (χ0) is 16.2. The summed E-state index contributed by atoms with van der Waals surface area (Å²) in [5, 5.41) is 0. The van der Waals surface area contributed by atoms with Gasteiger partial charge in [-0.05, 0) is 13.0 Å². The summed E-state index contributed by atoms with van der Waals surface area (Å²) in [6.07, 6.45) is 2.08. The topological polar surface area (TPSA) is 67.4 Å². The first-order chi connectivity index (χ1) is 11.2. The van der Waals surface area contributed by atoms with Gasteiger partial charge in [-0.3, -0.25) is 4.79 Å². The molecule has 2 heterocycles. The number of para-hydroxylation sites is 1. The number of H-pyrrole nitrogens is 1. The number of aryl methyl sites for hydroxylation is 1. The van der Waals surface area contributed by atoms with Crippen molar-refractivity contribution in [1.29, 1.82) is 0 Å². The van der Waals surface area contributed by atoms with Gasteiger partial charge in [0.2, 0.25) is 5.91 Å². The van der Waals surface area contributed by atoms with E-state index in [9.17, 15) is 4.79 Å². The number of carbonyl (C=O) groups is 1. The third-order valence-corrected chi connectivity index (χ3v) is 4.02. The minimum Gasteiger partial charge on any atom is -0.496 e. The quantitative estimate of drug-likeness (QED) is 0.935. The van der Waals surface area contributed by atoms with E-state index in [1.165, 1.54) is 0 Å². The lowest BCUT2D eigenvalue weighted by atomic mass is 10.1. The monoisotopic (exact) mass is 315 g/mol. The van der Waals surface area contributed by atoms with Crippen molar-refractivity contribution in [2.45, 2.75) is 19.4 Å². The Morgan fingerprint density at radius 1 is 1.48 bits per heavy atom. The zero-order valence-electron chi connectivity index (χ0n) is 13.4. The fourth-order valence-corrected chi connectivity index (χ4v) is 2.84. The highest BCUT2D eigenvalue weighted by molar-refractivity contribution is 5.80. The van der Waals surface area contributed by atoms with Crippen LogP contribution in [0.1, 0.15) is 23.1 Å². The lowest BCUT2D eigenvalue weighted by Crippen LogP contribution is -2.44. The first kappa shape index (κ1) is 15.6. The summed E-state index contributed by atoms with van der Waals surface area (Å²) in [7, 11) is 1.62. The molecule has 1 aromatic heterocycles. The highest BCUT2D eigenvalue weighted by Crippen LogP contribution is 2.25. The average molecular weight is 315 g/mol. The summed E-state index contributed by atoms with van der Waals surface area (Å²) < 4.78 is 10.9. The maximum atomic E-state index is 12.8. The Hall–Kier alpha value is -2.34. The van der Waals surface area contributed by atoms with Gasteiger partial charge < -0.3 is 19.4 Å². The molecule has 1 aliphatic heterocycles. The molecule has 0 radical (unpaired) electrons. The van der Waals surface area contributed by atoms with Gasteiger partial charge in [0.1, 0.15) is 17.6 Å². The largest absolute Gasteiger partial charge is 0.496 e. The van der Waals surface area contributed by atoms with E-state index in [4.69, 9.17) is 9.47 Å². The number of imidazole rings is 1. The normalized spacial score (nSPS) is 18.0. The maximum absolute atomic E-state index is 12.8. The van der Waals surface area contributed by atoms with E-state index >= 15 is 0 Å². The molecule has 0 bridgehead atoms. The van der Waals surface area contributed by atoms with Crippen molar-refractivity contribution in [2.24, 2.45) is 0 Å². The maximum Gasteiger partial charge on any atom is 0.227 e. The SMILES string of the molecule is COc1ccccc1CC(=O)N1CCOC[C@H]1c1ncc(C)[nH]1. The highest BCUT2D eigenvalue weighted by atomic mass is 16.5. The zero-order valence-corrected chi connectivity index (χ0v) is 13.4. The van der Waals surface area contributed by atoms with Crippen molar-refractivity contribution in [2.75, 3.05) is 26.9 Å². The molecule has 1 saturated heterocycles. The molecule has 6 nitrogen and oxygen atoms in total. The summed E-state index contributed by atoms with van der Waals surface area (Å²) in [6.45, 7) is 3.53. The summed E-state index contributed by atoms with van der Waals surface area (Å²) in [5.74, 6) is 1.56. The number of morpholine rings is 1. The van der Waals surface area contributed by atoms with E-state index in [0.717, 1.165) is 22.8 Å². The number of ether oxygens (including phenoxy) is 2. The van der Waals surface area contributed by atoms with Crippen LogP contribution in [0.5, 0.6) is 5.75 Å². The Morgan fingerprint density at radius 2 is 2.30 bits per heavy atom. The van der Waals surface area contributed by atoms with Gasteiger partial charge in [-0.1, -0.05) is 18.2 Å². The Bertz CT molecular complexity index is 683. The van der Waals surface area contributed by atoms with Crippen molar-refractivity contribution in [3.8, 4) is 5.75 Å². The van der Waals surface area contributed by atoms with Gasteiger partial charge in [0.05, 0.1) is 26.7 Å². The average Bonchev–Trinajstić information content (AvgIpc) is 3.01. The highest BCUT2D eigenvalue weighted by Gasteiger charge is 2.30. The predicted octanol–water partition coefficient (Wildman–Crippen LogP) is 1.87. The molecule has 6 heteroatoms. The number of carbonyl (C=O) groups excluding carboxylic acids is 1. The standard InChI is InChI=1S/C17H21N3O3/c1-12-10-18-17(19-12)14-11-23-8-7-20(14)16(21)9-13-5-3-4-6-15(13)22-2/h3-6,10,14H,7-9,11H2,1-2H3,(H,18,19)/t14-/m0/s1. The molecule has 1 atom stereocenters. The molecule has 1 aliphatic rings. The van der Waals surface area contributed by atoms with Gasteiger partial charge in [0.15, 0.2) is 0 Å². The lowest BCUT2D eigenvalue weighted by Gasteiger charge is -2.34. The second-order valence-electron chi connectivity index (χ2n) is 5.62. The lowest BCUT2D eigenvalue weighted by molar-refractivity contribution is -0.139. The fourth-order valence-electron chi connectivity index (χ4n) is 2.84. The number of hydrogen-bond acceptors (Lipinski definition) is 4. The van der Waals surface area contributed by atoms with Gasteiger partial charge in [-0.25, -0.2) is 4.98 Å². The van der Waals surface area contributed by atoms with Crippen LogP contribution >= 0.6 is 0 Å². The number of nitrogens with zero attached hydrogens (tertiary/aromatic N) is 2. The fraction of sp³-hybridized carbons (Fsp3) is 0.412. The molecule has 2 aromatic rings. The van der Waals surface area contributed by atoms with Crippen LogP contribution in [-0.2, 0) is 16.0 Å². The van der Waals surface area contributed by atoms with Gasteiger partial charge in [-0.2, -0.15) is 0 Å². The van der Waals surface area contributed by atoms with Crippen LogP contribution < -0.4 is 4.74 Å². The van der Waals surface area contributed by atoms with Crippen LogP contribution in [0.3, 0.4) is 0 Å². The van der Waals surface area contributed by atoms with E-state index in [1.54, 1.807) is 13.3 Å². The summed E-state index contributed by atoms with van der Waals surface area (Å²) >= 11 is 0. The second-order valence-corrected chi connectivity index (χ2v) is 5.62. The van der Waals surface area contributed by atoms with Crippen molar-refractivity contribution in [3.05, 3.63) is 47.5 Å². The molecule has 0 spiro atoms.